The van der Waals surface area contributed by atoms with Crippen molar-refractivity contribution in [1.29, 1.82) is 0 Å². The molecule has 0 N–H and O–H groups in total. The molecule has 104 valence electrons. The molecule has 0 spiro atoms. The molecular weight excluding hydrogens is 277 g/mol. The van der Waals surface area contributed by atoms with Crippen LogP contribution in [0.15, 0.2) is 18.2 Å². The van der Waals surface area contributed by atoms with Gasteiger partial charge in [-0.25, -0.2) is 4.98 Å². The Balaban J connectivity index is 2.28. The molecule has 19 heavy (non-hydrogen) atoms. The quantitative estimate of drug-likeness (QED) is 0.762. The molecule has 1 aromatic carbocycles. The molecule has 2 nitrogen and oxygen atoms in total. The van der Waals surface area contributed by atoms with E-state index in [0.29, 0.717) is 5.82 Å². The summed E-state index contributed by atoms with van der Waals surface area (Å²) in [6, 6.07) is 5.66. The number of rotatable bonds is 4. The molecule has 2 aromatic rings. The second kappa shape index (κ2) is 5.41. The lowest BCUT2D eigenvalue weighted by atomic mass is 10.2. The van der Waals surface area contributed by atoms with Crippen LogP contribution < -0.4 is 0 Å². The third kappa shape index (κ3) is 3.21. The van der Waals surface area contributed by atoms with Gasteiger partial charge in [-0.3, -0.25) is 0 Å². The zero-order chi connectivity index (χ0) is 14.0. The molecule has 0 unspecified atom stereocenters. The van der Waals surface area contributed by atoms with Crippen molar-refractivity contribution in [1.82, 2.24) is 9.55 Å². The molecular formula is C13H14ClF3N2. The van der Waals surface area contributed by atoms with Crippen molar-refractivity contribution in [2.24, 2.45) is 0 Å². The van der Waals surface area contributed by atoms with Crippen LogP contribution in [0.2, 0.25) is 0 Å². The maximum absolute atomic E-state index is 12.2. The van der Waals surface area contributed by atoms with Gasteiger partial charge in [0.2, 0.25) is 0 Å². The monoisotopic (exact) mass is 290 g/mol. The smallest absolute Gasteiger partial charge is 0.327 e. The molecule has 0 bridgehead atoms. The molecule has 1 aromatic heterocycles. The number of halogens is 4. The van der Waals surface area contributed by atoms with Gasteiger partial charge in [-0.2, -0.15) is 13.2 Å². The summed E-state index contributed by atoms with van der Waals surface area (Å²) >= 11 is 5.82. The molecule has 0 fully saturated rings. The van der Waals surface area contributed by atoms with E-state index in [-0.39, 0.29) is 18.8 Å². The summed E-state index contributed by atoms with van der Waals surface area (Å²) in [6.07, 6.45) is -4.87. The Morgan fingerprint density at radius 1 is 1.32 bits per heavy atom. The highest BCUT2D eigenvalue weighted by atomic mass is 35.5. The zero-order valence-corrected chi connectivity index (χ0v) is 11.2. The Hall–Kier alpha value is -1.23. The van der Waals surface area contributed by atoms with Gasteiger partial charge in [0.15, 0.2) is 0 Å². The van der Waals surface area contributed by atoms with Crippen LogP contribution in [0.4, 0.5) is 13.2 Å². The molecule has 1 heterocycles. The molecule has 0 atom stereocenters. The fourth-order valence-electron chi connectivity index (χ4n) is 2.12. The third-order valence-electron chi connectivity index (χ3n) is 3.02. The summed E-state index contributed by atoms with van der Waals surface area (Å²) in [5, 5.41) is 0. The minimum Gasteiger partial charge on any atom is -0.327 e. The maximum atomic E-state index is 12.2. The molecule has 0 saturated carbocycles. The normalized spacial score (nSPS) is 12.3. The Kier molecular flexibility index (Phi) is 4.04. The number of fused-ring (bicyclic) bond motifs is 1. The summed E-state index contributed by atoms with van der Waals surface area (Å²) in [6.45, 7) is 2.20. The number of aromatic nitrogens is 2. The standard InChI is InChI=1S/C13H14ClF3N2/c1-9-4-2-5-10-12(9)18-11(8-14)19(10)7-3-6-13(15,16)17/h2,4-5H,3,6-8H2,1H3. The Labute approximate surface area is 114 Å². The average molecular weight is 291 g/mol. The molecule has 0 saturated heterocycles. The topological polar surface area (TPSA) is 17.8 Å². The van der Waals surface area contributed by atoms with Crippen LogP contribution in [-0.4, -0.2) is 15.7 Å². The SMILES string of the molecule is Cc1cccc2c1nc(CCl)n2CCCC(F)(F)F. The predicted octanol–water partition coefficient (Wildman–Crippen LogP) is 4.43. The van der Waals surface area contributed by atoms with Crippen molar-refractivity contribution < 1.29 is 13.2 Å². The van der Waals surface area contributed by atoms with E-state index in [1.54, 1.807) is 4.57 Å². The van der Waals surface area contributed by atoms with Crippen LogP contribution in [0.5, 0.6) is 0 Å². The van der Waals surface area contributed by atoms with E-state index in [2.05, 4.69) is 4.98 Å². The largest absolute Gasteiger partial charge is 0.389 e. The van der Waals surface area contributed by atoms with Crippen molar-refractivity contribution in [3.8, 4) is 0 Å². The van der Waals surface area contributed by atoms with Crippen LogP contribution in [0.1, 0.15) is 24.2 Å². The molecule has 0 amide bonds. The van der Waals surface area contributed by atoms with E-state index in [0.717, 1.165) is 16.6 Å². The van der Waals surface area contributed by atoms with E-state index < -0.39 is 12.6 Å². The predicted molar refractivity (Wildman–Crippen MR) is 69.3 cm³/mol. The molecule has 0 aliphatic carbocycles. The summed E-state index contributed by atoms with van der Waals surface area (Å²) in [4.78, 5) is 4.40. The first-order valence-electron chi connectivity index (χ1n) is 6.00. The molecule has 0 radical (unpaired) electrons. The van der Waals surface area contributed by atoms with Gasteiger partial charge in [-0.05, 0) is 25.0 Å². The minimum absolute atomic E-state index is 0.0345. The van der Waals surface area contributed by atoms with Crippen LogP contribution in [0.3, 0.4) is 0 Å². The number of nitrogens with zero attached hydrogens (tertiary/aromatic N) is 2. The highest BCUT2D eigenvalue weighted by molar-refractivity contribution is 6.16. The van der Waals surface area contributed by atoms with Gasteiger partial charge in [0.1, 0.15) is 5.82 Å². The van der Waals surface area contributed by atoms with Crippen molar-refractivity contribution >= 4 is 22.6 Å². The van der Waals surface area contributed by atoms with Crippen LogP contribution in [0, 0.1) is 6.92 Å². The summed E-state index contributed by atoms with van der Waals surface area (Å²) < 4.78 is 38.4. The number of hydrogen-bond donors (Lipinski definition) is 0. The number of aryl methyl sites for hydroxylation is 2. The lowest BCUT2D eigenvalue weighted by Crippen LogP contribution is -2.10. The Morgan fingerprint density at radius 3 is 2.68 bits per heavy atom. The Morgan fingerprint density at radius 2 is 2.05 bits per heavy atom. The van der Waals surface area contributed by atoms with Crippen LogP contribution >= 0.6 is 11.6 Å². The van der Waals surface area contributed by atoms with Gasteiger partial charge in [0, 0.05) is 13.0 Å². The van der Waals surface area contributed by atoms with E-state index in [1.165, 1.54) is 0 Å². The van der Waals surface area contributed by atoms with Gasteiger partial charge in [-0.15, -0.1) is 11.6 Å². The lowest BCUT2D eigenvalue weighted by Gasteiger charge is -2.09. The van der Waals surface area contributed by atoms with Gasteiger partial charge < -0.3 is 4.57 Å². The highest BCUT2D eigenvalue weighted by Gasteiger charge is 2.26. The van der Waals surface area contributed by atoms with Crippen LogP contribution in [-0.2, 0) is 12.4 Å². The van der Waals surface area contributed by atoms with E-state index >= 15 is 0 Å². The first-order valence-corrected chi connectivity index (χ1v) is 6.53. The second-order valence-corrected chi connectivity index (χ2v) is 4.74. The van der Waals surface area contributed by atoms with Gasteiger partial charge in [-0.1, -0.05) is 12.1 Å². The lowest BCUT2D eigenvalue weighted by molar-refractivity contribution is -0.135. The molecule has 0 aliphatic rings. The molecule has 6 heteroatoms. The van der Waals surface area contributed by atoms with Crippen molar-refractivity contribution in [3.05, 3.63) is 29.6 Å². The van der Waals surface area contributed by atoms with Crippen molar-refractivity contribution in [2.45, 2.75) is 38.4 Å². The third-order valence-corrected chi connectivity index (χ3v) is 3.26. The fourth-order valence-corrected chi connectivity index (χ4v) is 2.33. The van der Waals surface area contributed by atoms with E-state index in [1.807, 2.05) is 25.1 Å². The summed E-state index contributed by atoms with van der Waals surface area (Å²) in [5.41, 5.74) is 2.65. The first-order chi connectivity index (χ1) is 8.92. The number of benzene rings is 1. The van der Waals surface area contributed by atoms with Crippen LogP contribution in [0.25, 0.3) is 11.0 Å². The number of imidazole rings is 1. The maximum Gasteiger partial charge on any atom is 0.389 e. The summed E-state index contributed by atoms with van der Waals surface area (Å²) in [7, 11) is 0. The van der Waals surface area contributed by atoms with Gasteiger partial charge in [0.25, 0.3) is 0 Å². The highest BCUT2D eigenvalue weighted by Crippen LogP contribution is 2.25. The first kappa shape index (κ1) is 14.2. The van der Waals surface area contributed by atoms with Crippen molar-refractivity contribution in [3.63, 3.8) is 0 Å². The van der Waals surface area contributed by atoms with Gasteiger partial charge >= 0.3 is 6.18 Å². The zero-order valence-electron chi connectivity index (χ0n) is 10.5. The average Bonchev–Trinajstić information content (AvgIpc) is 2.68. The number of hydrogen-bond acceptors (Lipinski definition) is 1. The molecule has 0 aliphatic heterocycles. The van der Waals surface area contributed by atoms with Gasteiger partial charge in [0.05, 0.1) is 16.9 Å². The number of alkyl halides is 4. The van der Waals surface area contributed by atoms with E-state index in [4.69, 9.17) is 11.6 Å². The van der Waals surface area contributed by atoms with E-state index in [9.17, 15) is 13.2 Å². The Bertz CT molecular complexity index is 575. The second-order valence-electron chi connectivity index (χ2n) is 4.47. The number of para-hydroxylation sites is 1. The minimum atomic E-state index is -4.12. The van der Waals surface area contributed by atoms with Crippen molar-refractivity contribution in [2.75, 3.05) is 0 Å². The molecule has 2 rings (SSSR count). The summed E-state index contributed by atoms with van der Waals surface area (Å²) in [5.74, 6) is 0.813. The fraction of sp³-hybridized carbons (Fsp3) is 0.462.